The van der Waals surface area contributed by atoms with Crippen LogP contribution in [0.1, 0.15) is 20.7 Å². The number of nitrogens with zero attached hydrogens (tertiary/aromatic N) is 1. The molecule has 1 aromatic heterocycles. The van der Waals surface area contributed by atoms with Crippen molar-refractivity contribution in [3.8, 4) is 5.75 Å². The predicted molar refractivity (Wildman–Crippen MR) is 77.3 cm³/mol. The number of pyridine rings is 1. The smallest absolute Gasteiger partial charge is 0.337 e. The topological polar surface area (TPSA) is 99.5 Å². The summed E-state index contributed by atoms with van der Waals surface area (Å²) < 4.78 is 0. The molecule has 108 valence electrons. The number of aromatic hydroxyl groups is 1. The molecular formula is C13H8Cl2N2O4. The number of carbonyl (C=O) groups is 2. The number of anilines is 1. The minimum Gasteiger partial charge on any atom is -0.508 e. The van der Waals surface area contributed by atoms with Gasteiger partial charge < -0.3 is 15.5 Å². The molecular weight excluding hydrogens is 319 g/mol. The number of benzene rings is 1. The molecule has 0 aliphatic heterocycles. The van der Waals surface area contributed by atoms with E-state index in [0.717, 1.165) is 6.07 Å². The van der Waals surface area contributed by atoms with Crippen molar-refractivity contribution in [1.82, 2.24) is 4.98 Å². The number of halogens is 2. The van der Waals surface area contributed by atoms with Gasteiger partial charge >= 0.3 is 5.97 Å². The van der Waals surface area contributed by atoms with Gasteiger partial charge in [0.25, 0.3) is 5.91 Å². The number of nitrogens with one attached hydrogen (secondary N) is 1. The van der Waals surface area contributed by atoms with E-state index in [1.165, 1.54) is 24.3 Å². The van der Waals surface area contributed by atoms with Gasteiger partial charge in [0.2, 0.25) is 0 Å². The Morgan fingerprint density at radius 1 is 1.10 bits per heavy atom. The number of carbonyl (C=O) groups excluding carboxylic acids is 1. The maximum atomic E-state index is 12.1. The van der Waals surface area contributed by atoms with Crippen LogP contribution in [0.15, 0.2) is 30.3 Å². The van der Waals surface area contributed by atoms with Gasteiger partial charge in [-0.15, -0.1) is 0 Å². The normalized spacial score (nSPS) is 10.2. The second kappa shape index (κ2) is 5.99. The third-order valence-electron chi connectivity index (χ3n) is 2.54. The maximum absolute atomic E-state index is 12.1. The minimum atomic E-state index is -1.29. The number of aromatic nitrogens is 1. The van der Waals surface area contributed by atoms with Crippen molar-refractivity contribution in [1.29, 1.82) is 0 Å². The molecule has 0 saturated carbocycles. The summed E-state index contributed by atoms with van der Waals surface area (Å²) in [6, 6.07) is 6.31. The van der Waals surface area contributed by atoms with Crippen LogP contribution in [0.3, 0.4) is 0 Å². The van der Waals surface area contributed by atoms with Crippen molar-refractivity contribution in [3.05, 3.63) is 51.8 Å². The number of amides is 1. The summed E-state index contributed by atoms with van der Waals surface area (Å²) in [7, 11) is 0. The van der Waals surface area contributed by atoms with Gasteiger partial charge in [-0.2, -0.15) is 0 Å². The summed E-state index contributed by atoms with van der Waals surface area (Å²) in [4.78, 5) is 26.9. The molecule has 3 N–H and O–H groups in total. The maximum Gasteiger partial charge on any atom is 0.337 e. The lowest BCUT2D eigenvalue weighted by Gasteiger charge is -2.09. The van der Waals surface area contributed by atoms with E-state index in [-0.39, 0.29) is 32.9 Å². The summed E-state index contributed by atoms with van der Waals surface area (Å²) in [5.41, 5.74) is -0.178. The average molecular weight is 327 g/mol. The van der Waals surface area contributed by atoms with Gasteiger partial charge in [-0.25, -0.2) is 9.78 Å². The molecule has 6 nitrogen and oxygen atoms in total. The molecule has 2 rings (SSSR count). The Kier molecular flexibility index (Phi) is 4.30. The first-order valence-corrected chi connectivity index (χ1v) is 6.34. The lowest BCUT2D eigenvalue weighted by Crippen LogP contribution is -2.15. The van der Waals surface area contributed by atoms with E-state index in [1.807, 2.05) is 0 Å². The Hall–Kier alpha value is -2.31. The number of rotatable bonds is 3. The van der Waals surface area contributed by atoms with Crippen LogP contribution in [0.25, 0.3) is 0 Å². The van der Waals surface area contributed by atoms with Crippen LogP contribution < -0.4 is 5.32 Å². The van der Waals surface area contributed by atoms with Gasteiger partial charge in [0.15, 0.2) is 0 Å². The van der Waals surface area contributed by atoms with Crippen LogP contribution in [-0.4, -0.2) is 27.1 Å². The number of hydrogen-bond acceptors (Lipinski definition) is 4. The first-order chi connectivity index (χ1) is 9.88. The Balaban J connectivity index is 2.34. The fourth-order valence-electron chi connectivity index (χ4n) is 1.59. The van der Waals surface area contributed by atoms with Crippen molar-refractivity contribution < 1.29 is 19.8 Å². The van der Waals surface area contributed by atoms with E-state index in [4.69, 9.17) is 28.3 Å². The van der Waals surface area contributed by atoms with Crippen LogP contribution in [-0.2, 0) is 0 Å². The first-order valence-electron chi connectivity index (χ1n) is 5.58. The van der Waals surface area contributed by atoms with Crippen LogP contribution in [0, 0.1) is 0 Å². The Labute approximate surface area is 129 Å². The third-order valence-corrected chi connectivity index (χ3v) is 3.04. The summed E-state index contributed by atoms with van der Waals surface area (Å²) in [5.74, 6) is -2.16. The van der Waals surface area contributed by atoms with E-state index in [0.29, 0.717) is 0 Å². The highest BCUT2D eigenvalue weighted by Gasteiger charge is 2.17. The summed E-state index contributed by atoms with van der Waals surface area (Å²) in [6.45, 7) is 0. The highest BCUT2D eigenvalue weighted by atomic mass is 35.5. The van der Waals surface area contributed by atoms with Crippen LogP contribution in [0.5, 0.6) is 5.75 Å². The molecule has 0 bridgehead atoms. The Morgan fingerprint density at radius 3 is 2.43 bits per heavy atom. The molecule has 0 atom stereocenters. The van der Waals surface area contributed by atoms with Gasteiger partial charge in [-0.3, -0.25) is 4.79 Å². The van der Waals surface area contributed by atoms with Gasteiger partial charge in [-0.05, 0) is 30.3 Å². The number of carboxylic acid groups (broad SMARTS) is 1. The zero-order valence-corrected chi connectivity index (χ0v) is 11.8. The predicted octanol–water partition coefficient (Wildman–Crippen LogP) is 3.04. The third kappa shape index (κ3) is 3.42. The number of phenols is 1. The van der Waals surface area contributed by atoms with E-state index < -0.39 is 11.9 Å². The number of carboxylic acids is 1. The number of phenolic OH excluding ortho intramolecular Hbond substituents is 1. The molecule has 0 unspecified atom stereocenters. The van der Waals surface area contributed by atoms with E-state index >= 15 is 0 Å². The lowest BCUT2D eigenvalue weighted by molar-refractivity contribution is 0.0697. The molecule has 0 spiro atoms. The zero-order chi connectivity index (χ0) is 15.6. The van der Waals surface area contributed by atoms with E-state index in [9.17, 15) is 14.7 Å². The molecule has 0 aliphatic carbocycles. The molecule has 0 aliphatic rings. The summed E-state index contributed by atoms with van der Waals surface area (Å²) >= 11 is 11.4. The standard InChI is InChI=1S/C13H8Cl2N2O4/c14-10-4-2-7(11(15)17-10)12(19)16-9-3-1-6(18)5-8(9)13(20)21/h1-5,18H,(H,16,19)(H,20,21). The summed E-state index contributed by atoms with van der Waals surface area (Å²) in [6.07, 6.45) is 0. The molecule has 1 aromatic carbocycles. The minimum absolute atomic E-state index is 0.0244. The SMILES string of the molecule is O=C(O)c1cc(O)ccc1NC(=O)c1ccc(Cl)nc1Cl. The van der Waals surface area contributed by atoms with Gasteiger partial charge in [0.1, 0.15) is 16.1 Å². The molecule has 1 amide bonds. The highest BCUT2D eigenvalue weighted by molar-refractivity contribution is 6.35. The number of aromatic carboxylic acids is 1. The van der Waals surface area contributed by atoms with Gasteiger partial charge in [0.05, 0.1) is 16.8 Å². The molecule has 0 fully saturated rings. The van der Waals surface area contributed by atoms with Crippen molar-refractivity contribution >= 4 is 40.8 Å². The highest BCUT2D eigenvalue weighted by Crippen LogP contribution is 2.23. The first kappa shape index (κ1) is 15.1. The Morgan fingerprint density at radius 2 is 1.81 bits per heavy atom. The average Bonchev–Trinajstić information content (AvgIpc) is 2.40. The fourth-order valence-corrected chi connectivity index (χ4v) is 2.02. The number of hydrogen-bond donors (Lipinski definition) is 3. The van der Waals surface area contributed by atoms with Crippen molar-refractivity contribution in [2.24, 2.45) is 0 Å². The largest absolute Gasteiger partial charge is 0.508 e. The Bertz CT molecular complexity index is 734. The lowest BCUT2D eigenvalue weighted by atomic mass is 10.1. The van der Waals surface area contributed by atoms with Crippen LogP contribution >= 0.6 is 23.2 Å². The summed E-state index contributed by atoms with van der Waals surface area (Å²) in [5, 5.41) is 20.8. The zero-order valence-electron chi connectivity index (χ0n) is 10.3. The van der Waals surface area contributed by atoms with E-state index in [2.05, 4.69) is 10.3 Å². The van der Waals surface area contributed by atoms with Crippen LogP contribution in [0.4, 0.5) is 5.69 Å². The van der Waals surface area contributed by atoms with Gasteiger partial charge in [0, 0.05) is 0 Å². The van der Waals surface area contributed by atoms with Crippen molar-refractivity contribution in [3.63, 3.8) is 0 Å². The molecule has 2 aromatic rings. The van der Waals surface area contributed by atoms with Crippen molar-refractivity contribution in [2.45, 2.75) is 0 Å². The molecule has 0 radical (unpaired) electrons. The van der Waals surface area contributed by atoms with Crippen LogP contribution in [0.2, 0.25) is 10.3 Å². The second-order valence-electron chi connectivity index (χ2n) is 3.96. The molecule has 8 heteroatoms. The molecule has 1 heterocycles. The fraction of sp³-hybridized carbons (Fsp3) is 0. The van der Waals surface area contributed by atoms with E-state index in [1.54, 1.807) is 0 Å². The van der Waals surface area contributed by atoms with Gasteiger partial charge in [-0.1, -0.05) is 23.2 Å². The molecule has 21 heavy (non-hydrogen) atoms. The molecule has 0 saturated heterocycles. The van der Waals surface area contributed by atoms with Crippen molar-refractivity contribution in [2.75, 3.05) is 5.32 Å². The quantitative estimate of drug-likeness (QED) is 0.594. The monoisotopic (exact) mass is 326 g/mol. The second-order valence-corrected chi connectivity index (χ2v) is 4.71.